The molecule has 0 aliphatic carbocycles. The monoisotopic (exact) mass is 367 g/mol. The summed E-state index contributed by atoms with van der Waals surface area (Å²) in [6.07, 6.45) is 2.60. The van der Waals surface area contributed by atoms with Crippen LogP contribution < -0.4 is 5.32 Å². The van der Waals surface area contributed by atoms with Crippen LogP contribution in [0.2, 0.25) is 0 Å². The van der Waals surface area contributed by atoms with Crippen molar-refractivity contribution in [2.45, 2.75) is 25.8 Å². The van der Waals surface area contributed by atoms with Gasteiger partial charge in [0.05, 0.1) is 6.42 Å². The molecule has 0 saturated heterocycles. The number of nitrogens with zero attached hydrogens (tertiary/aromatic N) is 2. The highest BCUT2D eigenvalue weighted by molar-refractivity contribution is 5.78. The van der Waals surface area contributed by atoms with Gasteiger partial charge in [-0.1, -0.05) is 60.7 Å². The maximum absolute atomic E-state index is 11.9. The van der Waals surface area contributed by atoms with E-state index < -0.39 is 0 Å². The third-order valence-corrected chi connectivity index (χ3v) is 4.62. The van der Waals surface area contributed by atoms with Crippen molar-refractivity contribution in [3.05, 3.63) is 71.8 Å². The van der Waals surface area contributed by atoms with Crippen molar-refractivity contribution in [1.82, 2.24) is 15.1 Å². The number of nitrogens with one attached hydrogen (secondary N) is 1. The van der Waals surface area contributed by atoms with Gasteiger partial charge < -0.3 is 15.1 Å². The van der Waals surface area contributed by atoms with Crippen molar-refractivity contribution < 1.29 is 4.79 Å². The lowest BCUT2D eigenvalue weighted by atomic mass is 10.1. The predicted molar refractivity (Wildman–Crippen MR) is 113 cm³/mol. The number of hydrogen-bond donors (Lipinski definition) is 1. The van der Waals surface area contributed by atoms with Crippen LogP contribution in [0.25, 0.3) is 0 Å². The van der Waals surface area contributed by atoms with E-state index in [1.165, 1.54) is 5.56 Å². The van der Waals surface area contributed by atoms with Gasteiger partial charge in [-0.05, 0) is 57.7 Å². The first-order valence-electron chi connectivity index (χ1n) is 9.85. The minimum absolute atomic E-state index is 0.103. The normalized spacial score (nSPS) is 11.1. The van der Waals surface area contributed by atoms with Crippen LogP contribution in [-0.4, -0.2) is 56.0 Å². The molecule has 4 heteroatoms. The third kappa shape index (κ3) is 9.36. The summed E-state index contributed by atoms with van der Waals surface area (Å²) in [4.78, 5) is 16.6. The Morgan fingerprint density at radius 2 is 1.33 bits per heavy atom. The van der Waals surface area contributed by atoms with Crippen LogP contribution >= 0.6 is 0 Å². The molecular formula is C23H33N3O. The van der Waals surface area contributed by atoms with Gasteiger partial charge in [-0.25, -0.2) is 0 Å². The molecule has 0 aliphatic rings. The molecule has 1 amide bonds. The molecule has 2 rings (SSSR count). The number of hydrogen-bond acceptors (Lipinski definition) is 3. The van der Waals surface area contributed by atoms with Gasteiger partial charge in [-0.3, -0.25) is 4.79 Å². The van der Waals surface area contributed by atoms with Crippen molar-refractivity contribution in [2.24, 2.45) is 0 Å². The zero-order valence-corrected chi connectivity index (χ0v) is 16.7. The molecule has 146 valence electrons. The molecule has 0 radical (unpaired) electrons. The summed E-state index contributed by atoms with van der Waals surface area (Å²) in [7, 11) is 4.33. The number of benzene rings is 2. The van der Waals surface area contributed by atoms with Crippen molar-refractivity contribution in [1.29, 1.82) is 0 Å². The van der Waals surface area contributed by atoms with Crippen LogP contribution in [0, 0.1) is 0 Å². The summed E-state index contributed by atoms with van der Waals surface area (Å²) >= 11 is 0. The molecule has 0 bridgehead atoms. The highest BCUT2D eigenvalue weighted by Gasteiger charge is 2.04. The first-order valence-corrected chi connectivity index (χ1v) is 9.85. The average Bonchev–Trinajstić information content (AvgIpc) is 2.67. The lowest BCUT2D eigenvalue weighted by molar-refractivity contribution is -0.120. The molecule has 27 heavy (non-hydrogen) atoms. The van der Waals surface area contributed by atoms with Crippen LogP contribution in [0.3, 0.4) is 0 Å². The van der Waals surface area contributed by atoms with E-state index >= 15 is 0 Å². The Bertz CT molecular complexity index is 645. The van der Waals surface area contributed by atoms with Gasteiger partial charge in [-0.2, -0.15) is 0 Å². The Morgan fingerprint density at radius 3 is 2.00 bits per heavy atom. The van der Waals surface area contributed by atoms with Gasteiger partial charge in [0, 0.05) is 13.1 Å². The first-order chi connectivity index (χ1) is 13.1. The lowest BCUT2D eigenvalue weighted by Crippen LogP contribution is -2.30. The number of amides is 1. The zero-order chi connectivity index (χ0) is 19.3. The molecule has 0 aromatic heterocycles. The maximum atomic E-state index is 11.9. The van der Waals surface area contributed by atoms with Crippen LogP contribution in [-0.2, 0) is 17.8 Å². The first kappa shape index (κ1) is 21.1. The van der Waals surface area contributed by atoms with Crippen molar-refractivity contribution in [3.63, 3.8) is 0 Å². The number of rotatable bonds is 12. The Kier molecular flexibility index (Phi) is 9.60. The highest BCUT2D eigenvalue weighted by Crippen LogP contribution is 2.03. The fourth-order valence-electron chi connectivity index (χ4n) is 3.12. The maximum Gasteiger partial charge on any atom is 0.224 e. The van der Waals surface area contributed by atoms with Gasteiger partial charge in [0.1, 0.15) is 0 Å². The molecule has 0 spiro atoms. The van der Waals surface area contributed by atoms with Gasteiger partial charge in [0.15, 0.2) is 0 Å². The third-order valence-electron chi connectivity index (χ3n) is 4.62. The van der Waals surface area contributed by atoms with Crippen LogP contribution in [0.1, 0.15) is 24.0 Å². The van der Waals surface area contributed by atoms with E-state index in [-0.39, 0.29) is 5.91 Å². The van der Waals surface area contributed by atoms with E-state index in [0.717, 1.165) is 51.1 Å². The van der Waals surface area contributed by atoms with Crippen molar-refractivity contribution >= 4 is 5.91 Å². The molecule has 0 atom stereocenters. The topological polar surface area (TPSA) is 35.6 Å². The fourth-order valence-corrected chi connectivity index (χ4v) is 3.12. The van der Waals surface area contributed by atoms with Crippen molar-refractivity contribution in [3.8, 4) is 0 Å². The van der Waals surface area contributed by atoms with Gasteiger partial charge in [0.25, 0.3) is 0 Å². The number of carbonyl (C=O) groups excluding carboxylic acids is 1. The van der Waals surface area contributed by atoms with E-state index in [0.29, 0.717) is 6.42 Å². The summed E-state index contributed by atoms with van der Waals surface area (Å²) < 4.78 is 0. The lowest BCUT2D eigenvalue weighted by Gasteiger charge is -2.20. The summed E-state index contributed by atoms with van der Waals surface area (Å²) in [6.45, 7) is 4.92. The standard InChI is InChI=1S/C23H33N3O/c1-25(17-10-18-26(2)20-22-13-7-4-8-14-22)16-9-15-24-23(27)19-21-11-5-3-6-12-21/h3-8,11-14H,9-10,15-20H2,1-2H3,(H,24,27). The Morgan fingerprint density at radius 1 is 0.778 bits per heavy atom. The second-order valence-corrected chi connectivity index (χ2v) is 7.25. The van der Waals surface area contributed by atoms with Crippen LogP contribution in [0.5, 0.6) is 0 Å². The predicted octanol–water partition coefficient (Wildman–Crippen LogP) is 3.19. The quantitative estimate of drug-likeness (QED) is 0.585. The van der Waals surface area contributed by atoms with E-state index in [4.69, 9.17) is 0 Å². The summed E-state index contributed by atoms with van der Waals surface area (Å²) in [5.74, 6) is 0.103. The summed E-state index contributed by atoms with van der Waals surface area (Å²) in [5.41, 5.74) is 2.42. The van der Waals surface area contributed by atoms with Crippen LogP contribution in [0.15, 0.2) is 60.7 Å². The fraction of sp³-hybridized carbons (Fsp3) is 0.435. The minimum atomic E-state index is 0.103. The zero-order valence-electron chi connectivity index (χ0n) is 16.7. The molecule has 0 fully saturated rings. The minimum Gasteiger partial charge on any atom is -0.356 e. The summed E-state index contributed by atoms with van der Waals surface area (Å²) in [6, 6.07) is 20.5. The largest absolute Gasteiger partial charge is 0.356 e. The molecule has 0 saturated carbocycles. The molecular weight excluding hydrogens is 334 g/mol. The second-order valence-electron chi connectivity index (χ2n) is 7.25. The summed E-state index contributed by atoms with van der Waals surface area (Å²) in [5, 5.41) is 3.01. The number of carbonyl (C=O) groups is 1. The second kappa shape index (κ2) is 12.3. The molecule has 1 N–H and O–H groups in total. The average molecular weight is 368 g/mol. The Labute approximate surface area is 164 Å². The van der Waals surface area contributed by atoms with E-state index in [1.54, 1.807) is 0 Å². The molecule has 0 heterocycles. The Balaban J connectivity index is 1.49. The van der Waals surface area contributed by atoms with Crippen LogP contribution in [0.4, 0.5) is 0 Å². The van der Waals surface area contributed by atoms with Gasteiger partial charge >= 0.3 is 0 Å². The van der Waals surface area contributed by atoms with E-state index in [2.05, 4.69) is 59.5 Å². The van der Waals surface area contributed by atoms with E-state index in [9.17, 15) is 4.79 Å². The van der Waals surface area contributed by atoms with Gasteiger partial charge in [0.2, 0.25) is 5.91 Å². The molecule has 0 aliphatic heterocycles. The SMILES string of the molecule is CN(CCCNC(=O)Cc1ccccc1)CCCN(C)Cc1ccccc1. The van der Waals surface area contributed by atoms with Gasteiger partial charge in [-0.15, -0.1) is 0 Å². The smallest absolute Gasteiger partial charge is 0.224 e. The highest BCUT2D eigenvalue weighted by atomic mass is 16.1. The molecule has 2 aromatic rings. The Hall–Kier alpha value is -2.17. The molecule has 4 nitrogen and oxygen atoms in total. The molecule has 0 unspecified atom stereocenters. The molecule has 2 aromatic carbocycles. The van der Waals surface area contributed by atoms with E-state index in [1.807, 2.05) is 30.3 Å². The van der Waals surface area contributed by atoms with Crippen molar-refractivity contribution in [2.75, 3.05) is 40.3 Å².